The number of imide groups is 1. The molecule has 1 saturated heterocycles. The summed E-state index contributed by atoms with van der Waals surface area (Å²) in [7, 11) is 1.48. The SMILES string of the molecule is COc1ccc(Cl)cc1N1C(=O)[C@@H]2C3c4ccccc4C(C=O)(c4ccccc43)[C@@H]2C1=O. The molecular formula is C26H18ClNO4. The van der Waals surface area contributed by atoms with Crippen molar-refractivity contribution in [1.82, 2.24) is 0 Å². The number of nitrogens with zero attached hydrogens (tertiary/aromatic N) is 1. The highest BCUT2D eigenvalue weighted by Crippen LogP contribution is 2.63. The van der Waals surface area contributed by atoms with Crippen LogP contribution in [-0.4, -0.2) is 25.2 Å². The van der Waals surface area contributed by atoms with E-state index in [0.29, 0.717) is 16.5 Å². The molecule has 1 heterocycles. The number of aldehydes is 1. The Hall–Kier alpha value is -3.44. The second kappa shape index (κ2) is 6.53. The summed E-state index contributed by atoms with van der Waals surface area (Å²) in [5.41, 5.74) is 2.56. The number of benzene rings is 3. The normalized spacial score (nSPS) is 27.1. The summed E-state index contributed by atoms with van der Waals surface area (Å²) in [5, 5.41) is 0.385. The number of rotatable bonds is 3. The maximum absolute atomic E-state index is 14.0. The summed E-state index contributed by atoms with van der Waals surface area (Å²) in [4.78, 5) is 42.0. The molecule has 0 saturated carbocycles. The highest BCUT2D eigenvalue weighted by molar-refractivity contribution is 6.32. The van der Waals surface area contributed by atoms with Gasteiger partial charge in [0.2, 0.25) is 11.8 Å². The van der Waals surface area contributed by atoms with Crippen molar-refractivity contribution in [3.05, 3.63) is 94.0 Å². The van der Waals surface area contributed by atoms with E-state index in [1.807, 2.05) is 48.5 Å². The van der Waals surface area contributed by atoms with Crippen LogP contribution in [-0.2, 0) is 19.8 Å². The Bertz CT molecular complexity index is 1290. The molecule has 3 aromatic rings. The molecule has 0 radical (unpaired) electrons. The molecule has 3 aliphatic carbocycles. The predicted molar refractivity (Wildman–Crippen MR) is 119 cm³/mol. The summed E-state index contributed by atoms with van der Waals surface area (Å²) in [6, 6.07) is 20.1. The highest BCUT2D eigenvalue weighted by Gasteiger charge is 2.68. The third-order valence-electron chi connectivity index (χ3n) is 7.25. The molecule has 1 aliphatic heterocycles. The van der Waals surface area contributed by atoms with Gasteiger partial charge in [-0.15, -0.1) is 0 Å². The van der Waals surface area contributed by atoms with Crippen LogP contribution in [0.2, 0.25) is 5.02 Å². The summed E-state index contributed by atoms with van der Waals surface area (Å²) in [6.07, 6.45) is 0.863. The summed E-state index contributed by atoms with van der Waals surface area (Å²) in [6.45, 7) is 0. The van der Waals surface area contributed by atoms with E-state index in [9.17, 15) is 14.4 Å². The fourth-order valence-electron chi connectivity index (χ4n) is 6.11. The lowest BCUT2D eigenvalue weighted by atomic mass is 9.48. The largest absolute Gasteiger partial charge is 0.495 e. The second-order valence-corrected chi connectivity index (χ2v) is 8.91. The van der Waals surface area contributed by atoms with Crippen molar-refractivity contribution in [2.45, 2.75) is 11.3 Å². The molecule has 2 atom stereocenters. The topological polar surface area (TPSA) is 63.7 Å². The summed E-state index contributed by atoms with van der Waals surface area (Å²) >= 11 is 6.21. The van der Waals surface area contributed by atoms with E-state index < -0.39 is 23.2 Å². The van der Waals surface area contributed by atoms with Crippen LogP contribution in [0.5, 0.6) is 5.75 Å². The molecule has 0 unspecified atom stereocenters. The lowest BCUT2D eigenvalue weighted by Crippen LogP contribution is -2.54. The number of ether oxygens (including phenoxy) is 1. The first-order valence-corrected chi connectivity index (χ1v) is 10.8. The number of amides is 2. The van der Waals surface area contributed by atoms with Gasteiger partial charge in [-0.2, -0.15) is 0 Å². The van der Waals surface area contributed by atoms with Crippen LogP contribution in [0.1, 0.15) is 28.2 Å². The van der Waals surface area contributed by atoms with Crippen molar-refractivity contribution in [3.63, 3.8) is 0 Å². The summed E-state index contributed by atoms with van der Waals surface area (Å²) in [5.74, 6) is -2.17. The Morgan fingerprint density at radius 2 is 1.56 bits per heavy atom. The molecule has 32 heavy (non-hydrogen) atoms. The Kier molecular flexibility index (Phi) is 3.93. The van der Waals surface area contributed by atoms with Crippen molar-refractivity contribution in [2.75, 3.05) is 12.0 Å². The van der Waals surface area contributed by atoms with Gasteiger partial charge in [0.15, 0.2) is 0 Å². The zero-order valence-electron chi connectivity index (χ0n) is 17.1. The smallest absolute Gasteiger partial charge is 0.239 e. The van der Waals surface area contributed by atoms with Gasteiger partial charge in [-0.1, -0.05) is 60.1 Å². The zero-order valence-corrected chi connectivity index (χ0v) is 17.9. The van der Waals surface area contributed by atoms with Crippen LogP contribution < -0.4 is 9.64 Å². The van der Waals surface area contributed by atoms with Crippen LogP contribution in [0.15, 0.2) is 66.7 Å². The van der Waals surface area contributed by atoms with Gasteiger partial charge in [0.1, 0.15) is 12.0 Å². The van der Waals surface area contributed by atoms with E-state index in [4.69, 9.17) is 16.3 Å². The van der Waals surface area contributed by atoms with E-state index in [2.05, 4.69) is 0 Å². The molecular weight excluding hydrogens is 426 g/mol. The minimum absolute atomic E-state index is 0.304. The molecule has 1 fully saturated rings. The first kappa shape index (κ1) is 19.3. The fourth-order valence-corrected chi connectivity index (χ4v) is 6.27. The third-order valence-corrected chi connectivity index (χ3v) is 7.49. The average molecular weight is 444 g/mol. The van der Waals surface area contributed by atoms with Gasteiger partial charge in [-0.3, -0.25) is 9.59 Å². The number of methoxy groups -OCH3 is 1. The van der Waals surface area contributed by atoms with Gasteiger partial charge in [-0.25, -0.2) is 4.90 Å². The van der Waals surface area contributed by atoms with E-state index in [1.165, 1.54) is 12.0 Å². The fraction of sp³-hybridized carbons (Fsp3) is 0.192. The Morgan fingerprint density at radius 3 is 2.16 bits per heavy atom. The van der Waals surface area contributed by atoms with E-state index in [-0.39, 0.29) is 11.8 Å². The standard InChI is InChI=1S/C26H18ClNO4/c1-32-20-11-10-14(27)12-19(20)28-24(30)22-21-15-6-2-4-8-17(15)26(13-29,23(22)25(28)31)18-9-5-3-7-16(18)21/h2-13,21-23H,1H3/t21?,22-,23+,26?/m1/s1. The molecule has 5 nitrogen and oxygen atoms in total. The van der Waals surface area contributed by atoms with Gasteiger partial charge in [0.05, 0.1) is 30.0 Å². The number of hydrogen-bond donors (Lipinski definition) is 0. The maximum atomic E-state index is 14.0. The van der Waals surface area contributed by atoms with E-state index in [1.54, 1.807) is 18.2 Å². The monoisotopic (exact) mass is 443 g/mol. The van der Waals surface area contributed by atoms with Gasteiger partial charge in [-0.05, 0) is 40.5 Å². The number of anilines is 1. The first-order chi connectivity index (χ1) is 15.5. The zero-order chi connectivity index (χ0) is 22.2. The quantitative estimate of drug-likeness (QED) is 0.451. The van der Waals surface area contributed by atoms with Crippen LogP contribution in [0, 0.1) is 11.8 Å². The second-order valence-electron chi connectivity index (χ2n) is 8.47. The van der Waals surface area contributed by atoms with Crippen molar-refractivity contribution in [2.24, 2.45) is 11.8 Å². The Labute approximate surface area is 189 Å². The number of halogens is 1. The molecule has 0 spiro atoms. The van der Waals surface area contributed by atoms with Gasteiger partial charge >= 0.3 is 0 Å². The molecule has 7 rings (SSSR count). The van der Waals surface area contributed by atoms with Gasteiger partial charge in [0.25, 0.3) is 0 Å². The van der Waals surface area contributed by atoms with E-state index >= 15 is 0 Å². The minimum Gasteiger partial charge on any atom is -0.495 e. The van der Waals surface area contributed by atoms with Crippen LogP contribution in [0.25, 0.3) is 0 Å². The number of carbonyl (C=O) groups excluding carboxylic acids is 3. The van der Waals surface area contributed by atoms with Crippen LogP contribution in [0.3, 0.4) is 0 Å². The van der Waals surface area contributed by atoms with Crippen molar-refractivity contribution in [1.29, 1.82) is 0 Å². The van der Waals surface area contributed by atoms with Gasteiger partial charge in [0, 0.05) is 10.9 Å². The molecule has 4 aliphatic rings. The molecule has 0 N–H and O–H groups in total. The van der Waals surface area contributed by atoms with E-state index in [0.717, 1.165) is 28.5 Å². The van der Waals surface area contributed by atoms with Crippen molar-refractivity contribution >= 4 is 35.4 Å². The average Bonchev–Trinajstić information content (AvgIpc) is 3.09. The van der Waals surface area contributed by atoms with Crippen LogP contribution in [0.4, 0.5) is 5.69 Å². The molecule has 158 valence electrons. The van der Waals surface area contributed by atoms with Crippen molar-refractivity contribution in [3.8, 4) is 5.75 Å². The molecule has 2 bridgehead atoms. The van der Waals surface area contributed by atoms with Crippen molar-refractivity contribution < 1.29 is 19.1 Å². The van der Waals surface area contributed by atoms with Gasteiger partial charge < -0.3 is 9.53 Å². The maximum Gasteiger partial charge on any atom is 0.239 e. The molecule has 0 aromatic heterocycles. The number of carbonyl (C=O) groups is 3. The summed E-state index contributed by atoms with van der Waals surface area (Å²) < 4.78 is 5.43. The lowest BCUT2D eigenvalue weighted by molar-refractivity contribution is -0.128. The first-order valence-electron chi connectivity index (χ1n) is 10.4. The number of hydrogen-bond acceptors (Lipinski definition) is 4. The Balaban J connectivity index is 1.64. The van der Waals surface area contributed by atoms with Crippen LogP contribution >= 0.6 is 11.6 Å². The minimum atomic E-state index is -1.22. The third kappa shape index (κ3) is 2.12. The molecule has 6 heteroatoms. The Morgan fingerprint density at radius 1 is 0.938 bits per heavy atom. The predicted octanol–water partition coefficient (Wildman–Crippen LogP) is 4.10. The molecule has 2 amide bonds. The lowest BCUT2D eigenvalue weighted by Gasteiger charge is -2.51. The highest BCUT2D eigenvalue weighted by atomic mass is 35.5. The molecule has 3 aromatic carbocycles.